The van der Waals surface area contributed by atoms with Gasteiger partial charge in [0.15, 0.2) is 0 Å². The van der Waals surface area contributed by atoms with E-state index in [2.05, 4.69) is 20.7 Å². The number of carboxylic acids is 1. The van der Waals surface area contributed by atoms with Crippen LogP contribution < -0.4 is 10.6 Å². The summed E-state index contributed by atoms with van der Waals surface area (Å²) in [5.74, 6) is -3.33. The zero-order valence-corrected chi connectivity index (χ0v) is 25.7. The van der Waals surface area contributed by atoms with Crippen LogP contribution in [0.3, 0.4) is 0 Å². The summed E-state index contributed by atoms with van der Waals surface area (Å²) in [5.41, 5.74) is 9.00. The number of carbonyl (C=O) groups excluding carboxylic acids is 4. The molecule has 3 rings (SSSR count). The second kappa shape index (κ2) is 14.1. The highest BCUT2D eigenvalue weighted by atomic mass is 16.6. The fraction of sp³-hybridized carbons (Fsp3) is 0.500. The Morgan fingerprint density at radius 1 is 1.11 bits per heavy atom. The molecular weight excluding hydrogens is 570 g/mol. The first-order valence-electron chi connectivity index (χ1n) is 14.2. The van der Waals surface area contributed by atoms with Gasteiger partial charge in [0.25, 0.3) is 0 Å². The van der Waals surface area contributed by atoms with Gasteiger partial charge in [0.2, 0.25) is 17.7 Å². The summed E-state index contributed by atoms with van der Waals surface area (Å²) < 4.78 is 5.29. The second-order valence-electron chi connectivity index (χ2n) is 11.8. The molecule has 0 radical (unpaired) electrons. The third-order valence-electron chi connectivity index (χ3n) is 7.36. The molecule has 0 aliphatic carbocycles. The largest absolute Gasteiger partial charge is 0.480 e. The third kappa shape index (κ3) is 8.38. The lowest BCUT2D eigenvalue weighted by Crippen LogP contribution is -2.58. The van der Waals surface area contributed by atoms with Gasteiger partial charge in [-0.1, -0.05) is 47.6 Å². The maximum absolute atomic E-state index is 13.5. The molecule has 0 bridgehead atoms. The van der Waals surface area contributed by atoms with Crippen molar-refractivity contribution in [2.75, 3.05) is 13.6 Å². The zero-order chi connectivity index (χ0) is 32.8. The molecule has 1 aliphatic heterocycles. The fourth-order valence-electron chi connectivity index (χ4n) is 4.90. The average molecular weight is 610 g/mol. The van der Waals surface area contributed by atoms with Gasteiger partial charge in [-0.25, -0.2) is 9.59 Å². The predicted molar refractivity (Wildman–Crippen MR) is 161 cm³/mol. The maximum Gasteiger partial charge on any atom is 0.410 e. The van der Waals surface area contributed by atoms with Crippen LogP contribution in [-0.4, -0.2) is 94.1 Å². The van der Waals surface area contributed by atoms with Gasteiger partial charge in [-0.2, -0.15) is 0 Å². The van der Waals surface area contributed by atoms with Crippen molar-refractivity contribution in [3.63, 3.8) is 0 Å². The van der Waals surface area contributed by atoms with Crippen LogP contribution in [-0.2, 0) is 30.3 Å². The number of rotatable bonds is 10. The van der Waals surface area contributed by atoms with Crippen molar-refractivity contribution in [1.29, 1.82) is 0 Å². The van der Waals surface area contributed by atoms with E-state index in [1.165, 1.54) is 25.8 Å². The highest BCUT2D eigenvalue weighted by molar-refractivity contribution is 5.95. The SMILES string of the molecule is C[C@@H](NC(=O)[C@H](C)N(C)C(=O)OC(C)(C)C)C(=O)N1CC[C@@H](N=[N+]=[N-])[C@H]1C(=O)N[C@@H](Cc1ccc2ccccc2c1)C(=O)O. The van der Waals surface area contributed by atoms with Gasteiger partial charge < -0.3 is 25.4 Å². The lowest BCUT2D eigenvalue weighted by molar-refractivity contribution is -0.145. The summed E-state index contributed by atoms with van der Waals surface area (Å²) >= 11 is 0. The zero-order valence-electron chi connectivity index (χ0n) is 25.7. The van der Waals surface area contributed by atoms with E-state index in [1.807, 2.05) is 36.4 Å². The van der Waals surface area contributed by atoms with E-state index in [-0.39, 0.29) is 19.4 Å². The Balaban J connectivity index is 1.73. The number of carboxylic acid groups (broad SMARTS) is 1. The molecule has 14 heteroatoms. The Labute approximate surface area is 255 Å². The minimum atomic E-state index is -1.32. The van der Waals surface area contributed by atoms with Gasteiger partial charge >= 0.3 is 12.1 Å². The number of carbonyl (C=O) groups is 5. The Morgan fingerprint density at radius 3 is 2.39 bits per heavy atom. The minimum absolute atomic E-state index is 0.0196. The molecule has 1 fully saturated rings. The quantitative estimate of drug-likeness (QED) is 0.209. The number of hydrogen-bond donors (Lipinski definition) is 3. The summed E-state index contributed by atoms with van der Waals surface area (Å²) in [6.45, 7) is 8.02. The van der Waals surface area contributed by atoms with Crippen LogP contribution in [0.4, 0.5) is 4.79 Å². The molecule has 44 heavy (non-hydrogen) atoms. The van der Waals surface area contributed by atoms with Gasteiger partial charge in [-0.15, -0.1) is 0 Å². The summed E-state index contributed by atoms with van der Waals surface area (Å²) in [4.78, 5) is 69.5. The molecule has 1 aliphatic rings. The van der Waals surface area contributed by atoms with Crippen LogP contribution in [0.1, 0.15) is 46.6 Å². The molecule has 1 heterocycles. The van der Waals surface area contributed by atoms with Crippen LogP contribution in [0.5, 0.6) is 0 Å². The number of benzene rings is 2. The standard InChI is InChI=1S/C30H39N7O7/c1-17(32-25(38)18(2)36(6)29(43)44-30(3,4)5)27(40)37-14-13-22(34-35-31)24(37)26(39)33-23(28(41)42)16-19-11-12-20-9-7-8-10-21(20)15-19/h7-12,15,17-18,22-24H,13-14,16H2,1-6H3,(H,32,38)(H,33,39)(H,41,42)/t17-,18+,22-,23+,24+/m1/s1. The van der Waals surface area contributed by atoms with Crippen molar-refractivity contribution >= 4 is 40.6 Å². The number of nitrogens with zero attached hydrogens (tertiary/aromatic N) is 5. The number of aliphatic carboxylic acids is 1. The van der Waals surface area contributed by atoms with E-state index < -0.39 is 65.6 Å². The van der Waals surface area contributed by atoms with Gasteiger partial charge in [0.05, 0.1) is 6.04 Å². The van der Waals surface area contributed by atoms with Crippen molar-refractivity contribution < 1.29 is 33.8 Å². The molecule has 2 aromatic rings. The molecule has 0 aromatic heterocycles. The van der Waals surface area contributed by atoms with Gasteiger partial charge in [-0.05, 0) is 62.9 Å². The molecule has 1 saturated heterocycles. The molecule has 0 unspecified atom stereocenters. The Morgan fingerprint density at radius 2 is 1.77 bits per heavy atom. The van der Waals surface area contributed by atoms with Gasteiger partial charge in [0.1, 0.15) is 29.8 Å². The number of likely N-dealkylation sites (N-methyl/N-ethyl adjacent to an activating group) is 1. The average Bonchev–Trinajstić information content (AvgIpc) is 3.38. The Kier molecular flexibility index (Phi) is 10.8. The molecule has 0 saturated carbocycles. The molecule has 4 amide bonds. The highest BCUT2D eigenvalue weighted by Crippen LogP contribution is 2.24. The van der Waals surface area contributed by atoms with Crippen molar-refractivity contribution in [3.05, 3.63) is 58.5 Å². The molecule has 3 N–H and O–H groups in total. The van der Waals surface area contributed by atoms with Crippen LogP contribution in [0.25, 0.3) is 21.2 Å². The molecule has 5 atom stereocenters. The fourth-order valence-corrected chi connectivity index (χ4v) is 4.90. The molecule has 0 spiro atoms. The molecular formula is C30H39N7O7. The van der Waals surface area contributed by atoms with Crippen LogP contribution in [0, 0.1) is 0 Å². The Hall–Kier alpha value is -4.84. The van der Waals surface area contributed by atoms with Crippen LogP contribution >= 0.6 is 0 Å². The summed E-state index contributed by atoms with van der Waals surface area (Å²) in [5, 5.41) is 20.6. The lowest BCUT2D eigenvalue weighted by atomic mass is 10.0. The first-order valence-corrected chi connectivity index (χ1v) is 14.2. The number of nitrogens with one attached hydrogen (secondary N) is 2. The first-order chi connectivity index (χ1) is 20.6. The smallest absolute Gasteiger partial charge is 0.410 e. The van der Waals surface area contributed by atoms with Crippen LogP contribution in [0.15, 0.2) is 47.6 Å². The number of fused-ring (bicyclic) bond motifs is 1. The van der Waals surface area contributed by atoms with Crippen molar-refractivity contribution in [3.8, 4) is 0 Å². The molecule has 14 nitrogen and oxygen atoms in total. The second-order valence-corrected chi connectivity index (χ2v) is 11.8. The number of likely N-dealkylation sites (tertiary alicyclic amines) is 1. The normalized spacial score (nSPS) is 18.4. The van der Waals surface area contributed by atoms with Crippen molar-refractivity contribution in [2.24, 2.45) is 5.11 Å². The van der Waals surface area contributed by atoms with E-state index in [0.29, 0.717) is 5.56 Å². The predicted octanol–water partition coefficient (Wildman–Crippen LogP) is 2.99. The minimum Gasteiger partial charge on any atom is -0.480 e. The number of ether oxygens (including phenoxy) is 1. The Bertz CT molecular complexity index is 1470. The van der Waals surface area contributed by atoms with Crippen molar-refractivity contribution in [2.45, 2.75) is 83.3 Å². The molecule has 236 valence electrons. The van der Waals surface area contributed by atoms with Gasteiger partial charge in [-0.3, -0.25) is 19.3 Å². The number of amides is 4. The van der Waals surface area contributed by atoms with E-state index in [1.54, 1.807) is 26.8 Å². The van der Waals surface area contributed by atoms with Crippen molar-refractivity contribution in [1.82, 2.24) is 20.4 Å². The summed E-state index contributed by atoms with van der Waals surface area (Å²) in [6, 6.07) is 7.41. The van der Waals surface area contributed by atoms with E-state index in [9.17, 15) is 29.1 Å². The highest BCUT2D eigenvalue weighted by Gasteiger charge is 2.44. The lowest BCUT2D eigenvalue weighted by Gasteiger charge is -2.31. The number of azide groups is 1. The first kappa shape index (κ1) is 33.7. The topological polar surface area (TPSA) is 194 Å². The van der Waals surface area contributed by atoms with Crippen LogP contribution in [0.2, 0.25) is 0 Å². The third-order valence-corrected chi connectivity index (χ3v) is 7.36. The van der Waals surface area contributed by atoms with E-state index in [4.69, 9.17) is 10.3 Å². The molecule has 2 aromatic carbocycles. The van der Waals surface area contributed by atoms with Gasteiger partial charge in [0, 0.05) is 24.9 Å². The van der Waals surface area contributed by atoms with E-state index >= 15 is 0 Å². The monoisotopic (exact) mass is 609 g/mol. The maximum atomic E-state index is 13.5. The van der Waals surface area contributed by atoms with E-state index in [0.717, 1.165) is 15.7 Å². The number of hydrogen-bond acceptors (Lipinski definition) is 7. The summed E-state index contributed by atoms with van der Waals surface area (Å²) in [6.07, 6.45) is -0.576. The summed E-state index contributed by atoms with van der Waals surface area (Å²) in [7, 11) is 1.40.